The zero-order valence-electron chi connectivity index (χ0n) is 17.0. The van der Waals surface area contributed by atoms with Crippen molar-refractivity contribution < 1.29 is 14.3 Å². The number of ether oxygens (including phenoxy) is 1. The minimum Gasteiger partial charge on any atom is -0.497 e. The van der Waals surface area contributed by atoms with Crippen LogP contribution in [0, 0.1) is 0 Å². The number of hydrogen-bond acceptors (Lipinski definition) is 4. The number of nitrogens with one attached hydrogen (secondary N) is 1. The fourth-order valence-corrected chi connectivity index (χ4v) is 3.84. The van der Waals surface area contributed by atoms with Crippen LogP contribution in [0.1, 0.15) is 25.0 Å². The van der Waals surface area contributed by atoms with Gasteiger partial charge in [-0.3, -0.25) is 9.59 Å². The molecule has 0 aliphatic carbocycles. The van der Waals surface area contributed by atoms with E-state index in [9.17, 15) is 9.59 Å². The summed E-state index contributed by atoms with van der Waals surface area (Å²) in [5.74, 6) is 1.51. The molecule has 0 saturated heterocycles. The highest BCUT2D eigenvalue weighted by atomic mass is 35.5. The lowest BCUT2D eigenvalue weighted by molar-refractivity contribution is -0.138. The van der Waals surface area contributed by atoms with Crippen LogP contribution in [-0.4, -0.2) is 42.2 Å². The van der Waals surface area contributed by atoms with Crippen molar-refractivity contribution >= 4 is 35.2 Å². The van der Waals surface area contributed by atoms with Gasteiger partial charge in [-0.2, -0.15) is 0 Å². The van der Waals surface area contributed by atoms with E-state index in [1.54, 1.807) is 25.0 Å². The lowest BCUT2D eigenvalue weighted by Crippen LogP contribution is -2.48. The molecule has 0 radical (unpaired) electrons. The monoisotopic (exact) mass is 434 g/mol. The van der Waals surface area contributed by atoms with E-state index >= 15 is 0 Å². The average molecular weight is 435 g/mol. The van der Waals surface area contributed by atoms with E-state index in [1.807, 2.05) is 49.4 Å². The van der Waals surface area contributed by atoms with Crippen molar-refractivity contribution in [3.63, 3.8) is 0 Å². The van der Waals surface area contributed by atoms with Crippen LogP contribution >= 0.6 is 23.4 Å². The molecule has 0 aliphatic heterocycles. The summed E-state index contributed by atoms with van der Waals surface area (Å²) >= 11 is 7.79. The Morgan fingerprint density at radius 1 is 1.17 bits per heavy atom. The molecule has 0 unspecified atom stereocenters. The van der Waals surface area contributed by atoms with Gasteiger partial charge < -0.3 is 15.0 Å². The van der Waals surface area contributed by atoms with E-state index in [2.05, 4.69) is 5.32 Å². The number of thioether (sulfide) groups is 1. The molecule has 1 atom stereocenters. The Hall–Kier alpha value is -2.18. The maximum atomic E-state index is 13.0. The highest BCUT2D eigenvalue weighted by Crippen LogP contribution is 2.21. The number of hydrogen-bond donors (Lipinski definition) is 1. The molecule has 0 fully saturated rings. The molecule has 5 nitrogen and oxygen atoms in total. The number of amides is 2. The van der Waals surface area contributed by atoms with Crippen LogP contribution in [0.2, 0.25) is 5.02 Å². The van der Waals surface area contributed by atoms with Crippen molar-refractivity contribution in [1.82, 2.24) is 10.2 Å². The molecule has 7 heteroatoms. The standard InChI is InChI=1S/C22H27ClN2O3S/c1-4-24-22(27)16(2)25(13-18-7-5-6-8-20(18)23)21(26)15-29-14-17-9-11-19(28-3)12-10-17/h5-12,16H,4,13-15H2,1-3H3,(H,24,27)/t16-/m0/s1. The zero-order chi connectivity index (χ0) is 21.2. The van der Waals surface area contributed by atoms with E-state index in [-0.39, 0.29) is 17.6 Å². The summed E-state index contributed by atoms with van der Waals surface area (Å²) in [5.41, 5.74) is 1.93. The van der Waals surface area contributed by atoms with Gasteiger partial charge in [-0.25, -0.2) is 0 Å². The van der Waals surface area contributed by atoms with Gasteiger partial charge in [0.05, 0.1) is 12.9 Å². The van der Waals surface area contributed by atoms with Gasteiger partial charge in [0, 0.05) is 23.9 Å². The molecule has 2 rings (SSSR count). The quantitative estimate of drug-likeness (QED) is 0.610. The molecular weight excluding hydrogens is 408 g/mol. The highest BCUT2D eigenvalue weighted by Gasteiger charge is 2.26. The second kappa shape index (κ2) is 11.7. The number of likely N-dealkylation sites (N-methyl/N-ethyl adjacent to an activating group) is 1. The molecule has 2 aromatic carbocycles. The minimum atomic E-state index is -0.583. The van der Waals surface area contributed by atoms with Crippen molar-refractivity contribution in [1.29, 1.82) is 0 Å². The first-order chi connectivity index (χ1) is 14.0. The molecule has 29 heavy (non-hydrogen) atoms. The molecule has 0 bridgehead atoms. The summed E-state index contributed by atoms with van der Waals surface area (Å²) < 4.78 is 5.16. The van der Waals surface area contributed by atoms with E-state index in [0.717, 1.165) is 16.9 Å². The Labute approximate surface area is 181 Å². The largest absolute Gasteiger partial charge is 0.497 e. The Balaban J connectivity index is 2.04. The first kappa shape index (κ1) is 23.1. The maximum Gasteiger partial charge on any atom is 0.242 e. The minimum absolute atomic E-state index is 0.0952. The summed E-state index contributed by atoms with van der Waals surface area (Å²) in [6.07, 6.45) is 0. The van der Waals surface area contributed by atoms with Crippen LogP contribution in [0.25, 0.3) is 0 Å². The van der Waals surface area contributed by atoms with Gasteiger partial charge in [0.2, 0.25) is 11.8 Å². The van der Waals surface area contributed by atoms with Crippen LogP contribution < -0.4 is 10.1 Å². The highest BCUT2D eigenvalue weighted by molar-refractivity contribution is 7.99. The van der Waals surface area contributed by atoms with E-state index in [4.69, 9.17) is 16.3 Å². The van der Waals surface area contributed by atoms with Crippen molar-refractivity contribution in [2.24, 2.45) is 0 Å². The third-order valence-corrected chi connectivity index (χ3v) is 5.83. The molecule has 0 saturated carbocycles. The predicted octanol–water partition coefficient (Wildman–Crippen LogP) is 4.14. The molecular formula is C22H27ClN2O3S. The molecule has 0 spiro atoms. The number of carbonyl (C=O) groups is 2. The SMILES string of the molecule is CCNC(=O)[C@H](C)N(Cc1ccccc1Cl)C(=O)CSCc1ccc(OC)cc1. The summed E-state index contributed by atoms with van der Waals surface area (Å²) in [5, 5.41) is 3.37. The molecule has 0 aliphatic rings. The van der Waals surface area contributed by atoms with Crippen molar-refractivity contribution in [3.8, 4) is 5.75 Å². The van der Waals surface area contributed by atoms with Gasteiger partial charge in [0.25, 0.3) is 0 Å². The number of halogens is 1. The Bertz CT molecular complexity index is 814. The van der Waals surface area contributed by atoms with Crippen LogP contribution in [0.3, 0.4) is 0 Å². The van der Waals surface area contributed by atoms with Crippen LogP contribution in [-0.2, 0) is 21.9 Å². The van der Waals surface area contributed by atoms with Crippen LogP contribution in [0.4, 0.5) is 0 Å². The zero-order valence-corrected chi connectivity index (χ0v) is 18.6. The summed E-state index contributed by atoms with van der Waals surface area (Å²) in [6.45, 7) is 4.41. The lowest BCUT2D eigenvalue weighted by atomic mass is 10.1. The lowest BCUT2D eigenvalue weighted by Gasteiger charge is -2.29. The van der Waals surface area contributed by atoms with Crippen LogP contribution in [0.5, 0.6) is 5.75 Å². The van der Waals surface area contributed by atoms with Gasteiger partial charge in [0.15, 0.2) is 0 Å². The summed E-state index contributed by atoms with van der Waals surface area (Å²) in [7, 11) is 1.63. The van der Waals surface area contributed by atoms with Gasteiger partial charge in [-0.15, -0.1) is 11.8 Å². The first-order valence-corrected chi connectivity index (χ1v) is 11.0. The Morgan fingerprint density at radius 2 is 1.86 bits per heavy atom. The van der Waals surface area contributed by atoms with E-state index < -0.39 is 6.04 Å². The number of methoxy groups -OCH3 is 1. The van der Waals surface area contributed by atoms with Crippen molar-refractivity contribution in [2.75, 3.05) is 19.4 Å². The number of rotatable bonds is 10. The first-order valence-electron chi connectivity index (χ1n) is 9.47. The van der Waals surface area contributed by atoms with Gasteiger partial charge in [0.1, 0.15) is 11.8 Å². The number of benzene rings is 2. The van der Waals surface area contributed by atoms with Gasteiger partial charge >= 0.3 is 0 Å². The number of carbonyl (C=O) groups excluding carboxylic acids is 2. The smallest absolute Gasteiger partial charge is 0.242 e. The van der Waals surface area contributed by atoms with Gasteiger partial charge in [-0.05, 0) is 43.2 Å². The molecule has 156 valence electrons. The maximum absolute atomic E-state index is 13.0. The Kier molecular flexibility index (Phi) is 9.35. The molecule has 0 heterocycles. The fourth-order valence-electron chi connectivity index (χ4n) is 2.78. The van der Waals surface area contributed by atoms with Crippen LogP contribution in [0.15, 0.2) is 48.5 Å². The molecule has 2 amide bonds. The molecule has 1 N–H and O–H groups in total. The second-order valence-corrected chi connectivity index (χ2v) is 7.92. The predicted molar refractivity (Wildman–Crippen MR) is 119 cm³/mol. The fraction of sp³-hybridized carbons (Fsp3) is 0.364. The van der Waals surface area contributed by atoms with E-state index in [0.29, 0.717) is 23.9 Å². The third-order valence-electron chi connectivity index (χ3n) is 4.47. The third kappa shape index (κ3) is 6.98. The summed E-state index contributed by atoms with van der Waals surface area (Å²) in [4.78, 5) is 26.9. The van der Waals surface area contributed by atoms with E-state index in [1.165, 1.54) is 11.8 Å². The summed E-state index contributed by atoms with van der Waals surface area (Å²) in [6, 6.07) is 14.6. The topological polar surface area (TPSA) is 58.6 Å². The van der Waals surface area contributed by atoms with Crippen molar-refractivity contribution in [2.45, 2.75) is 32.2 Å². The number of nitrogens with zero attached hydrogens (tertiary/aromatic N) is 1. The molecule has 0 aromatic heterocycles. The second-order valence-electron chi connectivity index (χ2n) is 6.52. The van der Waals surface area contributed by atoms with Gasteiger partial charge in [-0.1, -0.05) is 41.9 Å². The average Bonchev–Trinajstić information content (AvgIpc) is 2.73. The molecule has 2 aromatic rings. The van der Waals surface area contributed by atoms with Crippen molar-refractivity contribution in [3.05, 3.63) is 64.7 Å². The normalized spacial score (nSPS) is 11.6. The Morgan fingerprint density at radius 3 is 2.48 bits per heavy atom.